The number of hydrogen-bond donors (Lipinski definition) is 1. The molecule has 0 amide bonds. The zero-order valence-corrected chi connectivity index (χ0v) is 8.48. The zero-order valence-electron chi connectivity index (χ0n) is 8.48. The molecule has 0 atom stereocenters. The van der Waals surface area contributed by atoms with Gasteiger partial charge in [0.1, 0.15) is 0 Å². The summed E-state index contributed by atoms with van der Waals surface area (Å²) in [6, 6.07) is 18.2. The van der Waals surface area contributed by atoms with Crippen LogP contribution in [0.1, 0.15) is 5.56 Å². The van der Waals surface area contributed by atoms with E-state index in [0.717, 1.165) is 16.9 Å². The fourth-order valence-corrected chi connectivity index (χ4v) is 1.47. The first-order valence-corrected chi connectivity index (χ1v) is 4.93. The van der Waals surface area contributed by atoms with Crippen LogP contribution in [0.25, 0.3) is 6.08 Å². The molecule has 0 aliphatic carbocycles. The highest BCUT2D eigenvalue weighted by atomic mass is 14.9. The Bertz CT molecular complexity index is 446. The Kier molecular flexibility index (Phi) is 2.84. The summed E-state index contributed by atoms with van der Waals surface area (Å²) in [5, 5.41) is 3.35. The van der Waals surface area contributed by atoms with E-state index in [9.17, 15) is 0 Å². The van der Waals surface area contributed by atoms with E-state index in [-0.39, 0.29) is 0 Å². The van der Waals surface area contributed by atoms with Crippen molar-refractivity contribution < 1.29 is 0 Å². The molecule has 1 N–H and O–H groups in total. The van der Waals surface area contributed by atoms with Crippen molar-refractivity contribution in [2.45, 2.75) is 0 Å². The fourth-order valence-electron chi connectivity index (χ4n) is 1.47. The third-order valence-corrected chi connectivity index (χ3v) is 2.23. The maximum Gasteiger partial charge on any atom is 0.0457 e. The van der Waals surface area contributed by atoms with Crippen molar-refractivity contribution in [3.63, 3.8) is 0 Å². The molecule has 0 unspecified atom stereocenters. The maximum atomic E-state index is 3.79. The highest BCUT2D eigenvalue weighted by Crippen LogP contribution is 2.20. The fraction of sp³-hybridized carbons (Fsp3) is 0. The highest BCUT2D eigenvalue weighted by Gasteiger charge is 1.97. The summed E-state index contributed by atoms with van der Waals surface area (Å²) in [5.74, 6) is 0. The van der Waals surface area contributed by atoms with Crippen LogP contribution >= 0.6 is 0 Å². The van der Waals surface area contributed by atoms with Crippen LogP contribution in [0.4, 0.5) is 11.4 Å². The van der Waals surface area contributed by atoms with Gasteiger partial charge in [0.2, 0.25) is 0 Å². The number of para-hydroxylation sites is 2. The molecule has 0 bridgehead atoms. The molecule has 0 aliphatic heterocycles. The summed E-state index contributed by atoms with van der Waals surface area (Å²) in [6.07, 6.45) is 1.85. The topological polar surface area (TPSA) is 12.0 Å². The average Bonchev–Trinajstić information content (AvgIpc) is 2.31. The van der Waals surface area contributed by atoms with Crippen molar-refractivity contribution in [1.82, 2.24) is 0 Å². The summed E-state index contributed by atoms with van der Waals surface area (Å²) < 4.78 is 0. The maximum absolute atomic E-state index is 3.79. The molecule has 1 heteroatoms. The van der Waals surface area contributed by atoms with Gasteiger partial charge in [-0.15, -0.1) is 0 Å². The van der Waals surface area contributed by atoms with E-state index >= 15 is 0 Å². The SMILES string of the molecule is C=Cc1ccccc1Nc1ccccc1. The number of rotatable bonds is 3. The van der Waals surface area contributed by atoms with Crippen LogP contribution in [0.15, 0.2) is 61.2 Å². The lowest BCUT2D eigenvalue weighted by molar-refractivity contribution is 1.53. The minimum atomic E-state index is 1.08. The lowest BCUT2D eigenvalue weighted by Gasteiger charge is -2.08. The number of benzene rings is 2. The van der Waals surface area contributed by atoms with Crippen LogP contribution in [0.5, 0.6) is 0 Å². The van der Waals surface area contributed by atoms with Gasteiger partial charge in [-0.1, -0.05) is 49.1 Å². The predicted octanol–water partition coefficient (Wildman–Crippen LogP) is 4.07. The van der Waals surface area contributed by atoms with Gasteiger partial charge in [0.25, 0.3) is 0 Å². The van der Waals surface area contributed by atoms with Crippen molar-refractivity contribution in [3.05, 3.63) is 66.7 Å². The molecule has 0 spiro atoms. The van der Waals surface area contributed by atoms with Crippen LogP contribution in [-0.2, 0) is 0 Å². The summed E-state index contributed by atoms with van der Waals surface area (Å²) in [4.78, 5) is 0. The van der Waals surface area contributed by atoms with Gasteiger partial charge in [-0.25, -0.2) is 0 Å². The van der Waals surface area contributed by atoms with Crippen LogP contribution in [0.2, 0.25) is 0 Å². The predicted molar refractivity (Wildman–Crippen MR) is 66.3 cm³/mol. The molecule has 1 nitrogen and oxygen atoms in total. The molecule has 74 valence electrons. The van der Waals surface area contributed by atoms with Crippen LogP contribution in [-0.4, -0.2) is 0 Å². The molecule has 0 aromatic heterocycles. The largest absolute Gasteiger partial charge is 0.355 e. The number of nitrogens with one attached hydrogen (secondary N) is 1. The second-order valence-electron chi connectivity index (χ2n) is 3.28. The molecule has 0 aliphatic rings. The quantitative estimate of drug-likeness (QED) is 0.778. The van der Waals surface area contributed by atoms with E-state index in [4.69, 9.17) is 0 Å². The molecule has 2 aromatic carbocycles. The second kappa shape index (κ2) is 4.47. The molecule has 2 rings (SSSR count). The van der Waals surface area contributed by atoms with Crippen molar-refractivity contribution in [3.8, 4) is 0 Å². The smallest absolute Gasteiger partial charge is 0.0457 e. The van der Waals surface area contributed by atoms with E-state index in [0.29, 0.717) is 0 Å². The Morgan fingerprint density at radius 3 is 2.27 bits per heavy atom. The zero-order chi connectivity index (χ0) is 10.5. The van der Waals surface area contributed by atoms with E-state index in [1.54, 1.807) is 0 Å². The average molecular weight is 195 g/mol. The molecule has 2 aromatic rings. The molecule has 0 fully saturated rings. The Morgan fingerprint density at radius 1 is 0.867 bits per heavy atom. The first kappa shape index (κ1) is 9.53. The normalized spacial score (nSPS) is 9.60. The van der Waals surface area contributed by atoms with Gasteiger partial charge < -0.3 is 5.32 Å². The lowest BCUT2D eigenvalue weighted by Crippen LogP contribution is -1.91. The molecule has 15 heavy (non-hydrogen) atoms. The van der Waals surface area contributed by atoms with Gasteiger partial charge in [0.05, 0.1) is 0 Å². The van der Waals surface area contributed by atoms with Crippen molar-refractivity contribution in [2.75, 3.05) is 5.32 Å². The Hall–Kier alpha value is -2.02. The minimum Gasteiger partial charge on any atom is -0.355 e. The van der Waals surface area contributed by atoms with Gasteiger partial charge in [-0.3, -0.25) is 0 Å². The van der Waals surface area contributed by atoms with Crippen LogP contribution in [0, 0.1) is 0 Å². The van der Waals surface area contributed by atoms with Crippen LogP contribution in [0.3, 0.4) is 0 Å². The van der Waals surface area contributed by atoms with Gasteiger partial charge in [-0.05, 0) is 23.8 Å². The first-order valence-electron chi connectivity index (χ1n) is 4.93. The lowest BCUT2D eigenvalue weighted by atomic mass is 10.1. The van der Waals surface area contributed by atoms with Crippen molar-refractivity contribution in [2.24, 2.45) is 0 Å². The Morgan fingerprint density at radius 2 is 1.53 bits per heavy atom. The summed E-state index contributed by atoms with van der Waals surface area (Å²) in [7, 11) is 0. The number of hydrogen-bond acceptors (Lipinski definition) is 1. The van der Waals surface area contributed by atoms with Crippen LogP contribution < -0.4 is 5.32 Å². The van der Waals surface area contributed by atoms with Gasteiger partial charge in [-0.2, -0.15) is 0 Å². The molecular weight excluding hydrogens is 182 g/mol. The molecular formula is C14H13N. The number of anilines is 2. The molecule has 0 radical (unpaired) electrons. The minimum absolute atomic E-state index is 1.08. The van der Waals surface area contributed by atoms with Crippen molar-refractivity contribution in [1.29, 1.82) is 0 Å². The highest BCUT2D eigenvalue weighted by molar-refractivity contribution is 5.71. The van der Waals surface area contributed by atoms with Gasteiger partial charge >= 0.3 is 0 Å². The van der Waals surface area contributed by atoms with E-state index in [1.807, 2.05) is 60.7 Å². The van der Waals surface area contributed by atoms with E-state index < -0.39 is 0 Å². The standard InChI is InChI=1S/C14H13N/c1-2-12-8-6-7-11-14(12)15-13-9-4-3-5-10-13/h2-11,15H,1H2. The third-order valence-electron chi connectivity index (χ3n) is 2.23. The Balaban J connectivity index is 2.28. The van der Waals surface area contributed by atoms with Gasteiger partial charge in [0, 0.05) is 11.4 Å². The summed E-state index contributed by atoms with van der Waals surface area (Å²) >= 11 is 0. The van der Waals surface area contributed by atoms with Gasteiger partial charge in [0.15, 0.2) is 0 Å². The third kappa shape index (κ3) is 2.26. The first-order chi connectivity index (χ1) is 7.40. The molecule has 0 saturated heterocycles. The monoisotopic (exact) mass is 195 g/mol. The molecule has 0 saturated carbocycles. The summed E-state index contributed by atoms with van der Waals surface area (Å²) in [6.45, 7) is 3.79. The van der Waals surface area contributed by atoms with Crippen molar-refractivity contribution >= 4 is 17.5 Å². The molecule has 0 heterocycles. The van der Waals surface area contributed by atoms with E-state index in [2.05, 4.69) is 11.9 Å². The second-order valence-corrected chi connectivity index (χ2v) is 3.28. The Labute approximate surface area is 90.1 Å². The summed E-state index contributed by atoms with van der Waals surface area (Å²) in [5.41, 5.74) is 3.28. The van der Waals surface area contributed by atoms with E-state index in [1.165, 1.54) is 0 Å².